The molecule has 7 heteroatoms. The second kappa shape index (κ2) is 8.65. The third kappa shape index (κ3) is 4.82. The fraction of sp³-hybridized carbons (Fsp3) is 0.211. The molecule has 2 rings (SSSR count). The third-order valence-corrected chi connectivity index (χ3v) is 3.86. The molecule has 2 aromatic rings. The minimum Gasteiger partial charge on any atom is -0.331 e. The number of hydroxylamine groups is 1. The molecule has 134 valence electrons. The Hall–Kier alpha value is -3.37. The number of hydrogen-bond acceptors (Lipinski definition) is 4. The molecule has 0 saturated heterocycles. The van der Waals surface area contributed by atoms with E-state index in [9.17, 15) is 9.59 Å². The van der Waals surface area contributed by atoms with Gasteiger partial charge in [0.05, 0.1) is 17.7 Å². The van der Waals surface area contributed by atoms with Crippen LogP contribution in [0.3, 0.4) is 0 Å². The number of nitrogens with zero attached hydrogens (tertiary/aromatic N) is 1. The Morgan fingerprint density at radius 3 is 2.15 bits per heavy atom. The van der Waals surface area contributed by atoms with Gasteiger partial charge in [-0.25, -0.2) is 10.3 Å². The summed E-state index contributed by atoms with van der Waals surface area (Å²) in [7, 11) is 0. The first kappa shape index (κ1) is 19.0. The fourth-order valence-corrected chi connectivity index (χ4v) is 2.48. The van der Waals surface area contributed by atoms with Crippen molar-refractivity contribution < 1.29 is 14.8 Å². The summed E-state index contributed by atoms with van der Waals surface area (Å²) in [6.07, 6.45) is 0. The molecular formula is C19H20N4O3. The van der Waals surface area contributed by atoms with Crippen molar-refractivity contribution in [1.82, 2.24) is 10.8 Å². The molecule has 26 heavy (non-hydrogen) atoms. The molecule has 0 aliphatic heterocycles. The van der Waals surface area contributed by atoms with E-state index in [4.69, 9.17) is 10.5 Å². The number of nitriles is 1. The maximum atomic E-state index is 12.3. The van der Waals surface area contributed by atoms with Crippen LogP contribution in [0, 0.1) is 17.2 Å². The zero-order chi connectivity index (χ0) is 19.1. The lowest BCUT2D eigenvalue weighted by atomic mass is 9.95. The van der Waals surface area contributed by atoms with Gasteiger partial charge in [0.2, 0.25) is 0 Å². The monoisotopic (exact) mass is 352 g/mol. The second-order valence-electron chi connectivity index (χ2n) is 6.07. The summed E-state index contributed by atoms with van der Waals surface area (Å²) < 4.78 is 0. The Balaban J connectivity index is 2.08. The van der Waals surface area contributed by atoms with E-state index >= 15 is 0 Å². The van der Waals surface area contributed by atoms with Crippen molar-refractivity contribution in [3.8, 4) is 6.07 Å². The summed E-state index contributed by atoms with van der Waals surface area (Å²) in [5.41, 5.74) is 3.84. The number of urea groups is 1. The summed E-state index contributed by atoms with van der Waals surface area (Å²) in [4.78, 5) is 23.7. The highest BCUT2D eigenvalue weighted by Crippen LogP contribution is 2.22. The van der Waals surface area contributed by atoms with Crippen LogP contribution in [0.25, 0.3) is 0 Å². The number of carbonyl (C=O) groups excluding carboxylic acids is 2. The molecule has 1 unspecified atom stereocenters. The van der Waals surface area contributed by atoms with Crippen LogP contribution in [0.15, 0.2) is 48.5 Å². The number of hydrogen-bond donors (Lipinski definition) is 4. The standard InChI is InChI=1S/C19H20N4O3/c1-12(2)17(14-5-7-15(8-6-14)18(24)23-26)22-19(25)21-16-9-3-13(11-20)4-10-16/h3-10,12,17,26H,1-2H3,(H,23,24)(H2,21,22,25). The van der Waals surface area contributed by atoms with E-state index in [1.54, 1.807) is 54.0 Å². The third-order valence-electron chi connectivity index (χ3n) is 3.86. The van der Waals surface area contributed by atoms with Crippen molar-refractivity contribution in [3.05, 3.63) is 65.2 Å². The highest BCUT2D eigenvalue weighted by Gasteiger charge is 2.19. The van der Waals surface area contributed by atoms with Crippen molar-refractivity contribution in [1.29, 1.82) is 5.26 Å². The van der Waals surface area contributed by atoms with Crippen LogP contribution in [0.1, 0.15) is 41.4 Å². The Morgan fingerprint density at radius 2 is 1.65 bits per heavy atom. The average molecular weight is 352 g/mol. The highest BCUT2D eigenvalue weighted by atomic mass is 16.5. The van der Waals surface area contributed by atoms with Gasteiger partial charge in [-0.1, -0.05) is 26.0 Å². The van der Waals surface area contributed by atoms with Gasteiger partial charge in [0, 0.05) is 11.3 Å². The van der Waals surface area contributed by atoms with Gasteiger partial charge >= 0.3 is 6.03 Å². The van der Waals surface area contributed by atoms with Gasteiger partial charge in [0.1, 0.15) is 0 Å². The van der Waals surface area contributed by atoms with E-state index in [-0.39, 0.29) is 18.0 Å². The first-order valence-electron chi connectivity index (χ1n) is 8.06. The van der Waals surface area contributed by atoms with Gasteiger partial charge in [-0.3, -0.25) is 10.0 Å². The van der Waals surface area contributed by atoms with Gasteiger partial charge in [-0.05, 0) is 47.9 Å². The van der Waals surface area contributed by atoms with Crippen LogP contribution in [0.4, 0.5) is 10.5 Å². The van der Waals surface area contributed by atoms with Gasteiger partial charge in [0.15, 0.2) is 0 Å². The summed E-state index contributed by atoms with van der Waals surface area (Å²) in [5.74, 6) is -0.483. The van der Waals surface area contributed by atoms with Crippen molar-refractivity contribution in [2.75, 3.05) is 5.32 Å². The molecule has 0 radical (unpaired) electrons. The number of anilines is 1. The van der Waals surface area contributed by atoms with Crippen molar-refractivity contribution in [3.63, 3.8) is 0 Å². The van der Waals surface area contributed by atoms with E-state index in [1.807, 2.05) is 19.9 Å². The van der Waals surface area contributed by atoms with Gasteiger partial charge in [-0.2, -0.15) is 5.26 Å². The predicted molar refractivity (Wildman–Crippen MR) is 96.6 cm³/mol. The minimum atomic E-state index is -0.593. The van der Waals surface area contributed by atoms with Crippen LogP contribution >= 0.6 is 0 Å². The summed E-state index contributed by atoms with van der Waals surface area (Å²) in [5, 5.41) is 23.1. The van der Waals surface area contributed by atoms with Crippen LogP contribution in [-0.2, 0) is 0 Å². The first-order chi connectivity index (χ1) is 12.4. The zero-order valence-corrected chi connectivity index (χ0v) is 14.5. The second-order valence-corrected chi connectivity index (χ2v) is 6.07. The van der Waals surface area contributed by atoms with Crippen molar-refractivity contribution in [2.45, 2.75) is 19.9 Å². The number of amides is 3. The topological polar surface area (TPSA) is 114 Å². The number of benzene rings is 2. The fourth-order valence-electron chi connectivity index (χ4n) is 2.48. The van der Waals surface area contributed by atoms with Gasteiger partial charge in [-0.15, -0.1) is 0 Å². The Morgan fingerprint density at radius 1 is 1.04 bits per heavy atom. The summed E-state index contributed by atoms with van der Waals surface area (Å²) in [6.45, 7) is 3.95. The zero-order valence-electron chi connectivity index (χ0n) is 14.5. The molecule has 0 heterocycles. The molecule has 0 spiro atoms. The predicted octanol–water partition coefficient (Wildman–Crippen LogP) is 3.20. The molecule has 0 fully saturated rings. The molecule has 3 amide bonds. The van der Waals surface area contributed by atoms with E-state index in [2.05, 4.69) is 10.6 Å². The lowest BCUT2D eigenvalue weighted by molar-refractivity contribution is 0.0706. The molecule has 0 aliphatic carbocycles. The maximum absolute atomic E-state index is 12.3. The minimum absolute atomic E-state index is 0.110. The van der Waals surface area contributed by atoms with Gasteiger partial charge < -0.3 is 10.6 Å². The van der Waals surface area contributed by atoms with E-state index < -0.39 is 5.91 Å². The lowest BCUT2D eigenvalue weighted by Gasteiger charge is -2.23. The normalized spacial score (nSPS) is 11.3. The molecular weight excluding hydrogens is 332 g/mol. The Labute approximate surface area is 151 Å². The smallest absolute Gasteiger partial charge is 0.319 e. The van der Waals surface area contributed by atoms with E-state index in [1.165, 1.54) is 0 Å². The van der Waals surface area contributed by atoms with Crippen LogP contribution in [0.2, 0.25) is 0 Å². The molecule has 2 aromatic carbocycles. The molecule has 1 atom stereocenters. The molecule has 4 N–H and O–H groups in total. The van der Waals surface area contributed by atoms with Crippen LogP contribution in [0.5, 0.6) is 0 Å². The van der Waals surface area contributed by atoms with Crippen molar-refractivity contribution in [2.24, 2.45) is 5.92 Å². The quantitative estimate of drug-likeness (QED) is 0.489. The van der Waals surface area contributed by atoms with Crippen LogP contribution < -0.4 is 16.1 Å². The summed E-state index contributed by atoms with van der Waals surface area (Å²) in [6, 6.07) is 14.6. The summed E-state index contributed by atoms with van der Waals surface area (Å²) >= 11 is 0. The number of nitrogens with one attached hydrogen (secondary N) is 3. The molecule has 0 saturated carbocycles. The van der Waals surface area contributed by atoms with Crippen molar-refractivity contribution >= 4 is 17.6 Å². The van der Waals surface area contributed by atoms with E-state index in [0.717, 1.165) is 5.56 Å². The SMILES string of the molecule is CC(C)C(NC(=O)Nc1ccc(C#N)cc1)c1ccc(C(=O)NO)cc1. The Kier molecular flexibility index (Phi) is 6.31. The molecule has 0 bridgehead atoms. The molecule has 0 aliphatic rings. The number of rotatable bonds is 5. The lowest BCUT2D eigenvalue weighted by Crippen LogP contribution is -2.35. The number of carbonyl (C=O) groups is 2. The average Bonchev–Trinajstić information content (AvgIpc) is 2.66. The maximum Gasteiger partial charge on any atom is 0.319 e. The van der Waals surface area contributed by atoms with E-state index in [0.29, 0.717) is 16.8 Å². The largest absolute Gasteiger partial charge is 0.331 e. The van der Waals surface area contributed by atoms with Crippen LogP contribution in [-0.4, -0.2) is 17.1 Å². The highest BCUT2D eigenvalue weighted by molar-refractivity contribution is 5.93. The molecule has 0 aromatic heterocycles. The van der Waals surface area contributed by atoms with Gasteiger partial charge in [0.25, 0.3) is 5.91 Å². The first-order valence-corrected chi connectivity index (χ1v) is 8.06. The molecule has 7 nitrogen and oxygen atoms in total. The Bertz CT molecular complexity index is 808.